The van der Waals surface area contributed by atoms with Crippen LogP contribution in [0.2, 0.25) is 0 Å². The zero-order valence-corrected chi connectivity index (χ0v) is 18.8. The predicted molar refractivity (Wildman–Crippen MR) is 126 cm³/mol. The second-order valence-corrected chi connectivity index (χ2v) is 8.36. The van der Waals surface area contributed by atoms with Crippen LogP contribution in [0.15, 0.2) is 67.4 Å². The Morgan fingerprint density at radius 2 is 1.91 bits per heavy atom. The number of fused-ring (bicyclic) bond motifs is 2. The lowest BCUT2D eigenvalue weighted by Gasteiger charge is -2.34. The Labute approximate surface area is 199 Å². The number of rotatable bonds is 5. The molecule has 35 heavy (non-hydrogen) atoms. The first kappa shape index (κ1) is 21.2. The number of anilines is 1. The van der Waals surface area contributed by atoms with Crippen LogP contribution >= 0.6 is 0 Å². The van der Waals surface area contributed by atoms with Crippen LogP contribution in [-0.4, -0.2) is 48.3 Å². The number of aromatic nitrogens is 6. The van der Waals surface area contributed by atoms with E-state index in [0.717, 1.165) is 17.8 Å². The molecule has 0 aliphatic carbocycles. The number of imidazole rings is 1. The van der Waals surface area contributed by atoms with Gasteiger partial charge in [-0.2, -0.15) is 5.10 Å². The minimum absolute atomic E-state index is 0.344. The van der Waals surface area contributed by atoms with Gasteiger partial charge in [0.1, 0.15) is 29.2 Å². The summed E-state index contributed by atoms with van der Waals surface area (Å²) in [7, 11) is 1.60. The topological polar surface area (TPSA) is 104 Å². The quantitative estimate of drug-likeness (QED) is 0.406. The lowest BCUT2D eigenvalue weighted by molar-refractivity contribution is 0.219. The number of hydrogen-bond donors (Lipinski definition) is 2. The molecule has 0 fully saturated rings. The molecule has 0 bridgehead atoms. The molecule has 1 aromatic carbocycles. The van der Waals surface area contributed by atoms with Crippen molar-refractivity contribution in [2.45, 2.75) is 18.6 Å². The average Bonchev–Trinajstić information content (AvgIpc) is 3.56. The molecule has 1 aliphatic heterocycles. The van der Waals surface area contributed by atoms with Gasteiger partial charge in [0.2, 0.25) is 5.95 Å². The van der Waals surface area contributed by atoms with Crippen molar-refractivity contribution in [1.29, 1.82) is 0 Å². The molecular formula is C25H22FN7O2. The number of nitrogens with zero attached hydrogens (tertiary/aromatic N) is 6. The number of aliphatic hydroxyl groups excluding tert-OH is 1. The highest BCUT2D eigenvalue weighted by Crippen LogP contribution is 2.35. The normalized spacial score (nSPS) is 16.3. The highest BCUT2D eigenvalue weighted by molar-refractivity contribution is 5.53. The minimum atomic E-state index is -0.869. The zero-order chi connectivity index (χ0) is 23.9. The number of benzene rings is 1. The number of aromatic amines is 1. The molecule has 6 rings (SSSR count). The third kappa shape index (κ3) is 3.68. The highest BCUT2D eigenvalue weighted by Gasteiger charge is 2.34. The van der Waals surface area contributed by atoms with Crippen molar-refractivity contribution in [3.63, 3.8) is 0 Å². The Morgan fingerprint density at radius 1 is 1.11 bits per heavy atom. The van der Waals surface area contributed by atoms with Crippen LogP contribution in [0.3, 0.4) is 0 Å². The van der Waals surface area contributed by atoms with Crippen LogP contribution in [0, 0.1) is 5.82 Å². The van der Waals surface area contributed by atoms with Crippen molar-refractivity contribution in [3.05, 3.63) is 101 Å². The molecule has 5 aromatic rings. The molecule has 4 aromatic heterocycles. The summed E-state index contributed by atoms with van der Waals surface area (Å²) in [5, 5.41) is 15.4. The van der Waals surface area contributed by atoms with E-state index in [1.54, 1.807) is 68.4 Å². The number of hydrogen-bond acceptors (Lipinski definition) is 7. The predicted octanol–water partition coefficient (Wildman–Crippen LogP) is 3.23. The lowest BCUT2D eigenvalue weighted by Crippen LogP contribution is -2.37. The van der Waals surface area contributed by atoms with Crippen LogP contribution in [0.1, 0.15) is 40.4 Å². The number of methoxy groups -OCH3 is 1. The van der Waals surface area contributed by atoms with Crippen molar-refractivity contribution in [2.75, 3.05) is 18.6 Å². The van der Waals surface area contributed by atoms with Gasteiger partial charge in [-0.1, -0.05) is 12.1 Å². The maximum Gasteiger partial charge on any atom is 0.226 e. The average molecular weight is 471 g/mol. The van der Waals surface area contributed by atoms with E-state index in [0.29, 0.717) is 40.6 Å². The number of nitrogens with one attached hydrogen (secondary N) is 1. The summed E-state index contributed by atoms with van der Waals surface area (Å²) in [6.45, 7) is 0.622. The largest absolute Gasteiger partial charge is 0.497 e. The van der Waals surface area contributed by atoms with Crippen molar-refractivity contribution in [1.82, 2.24) is 29.5 Å². The summed E-state index contributed by atoms with van der Waals surface area (Å²) < 4.78 is 21.1. The van der Waals surface area contributed by atoms with E-state index in [1.807, 2.05) is 4.90 Å². The van der Waals surface area contributed by atoms with Crippen molar-refractivity contribution in [2.24, 2.45) is 0 Å². The van der Waals surface area contributed by atoms with Crippen LogP contribution < -0.4 is 9.64 Å². The fourth-order valence-corrected chi connectivity index (χ4v) is 4.52. The van der Waals surface area contributed by atoms with E-state index >= 15 is 0 Å². The summed E-state index contributed by atoms with van der Waals surface area (Å²) in [6.07, 6.45) is 6.48. The van der Waals surface area contributed by atoms with E-state index in [2.05, 4.69) is 25.0 Å². The van der Waals surface area contributed by atoms with Gasteiger partial charge in [-0.05, 0) is 35.9 Å². The van der Waals surface area contributed by atoms with Crippen molar-refractivity contribution >= 4 is 11.5 Å². The monoisotopic (exact) mass is 471 g/mol. The molecule has 0 unspecified atom stereocenters. The van der Waals surface area contributed by atoms with E-state index < -0.39 is 6.10 Å². The lowest BCUT2D eigenvalue weighted by atomic mass is 10.00. The van der Waals surface area contributed by atoms with Crippen LogP contribution in [0.5, 0.6) is 5.75 Å². The first-order valence-corrected chi connectivity index (χ1v) is 11.2. The molecule has 10 heteroatoms. The molecule has 0 saturated carbocycles. The number of ether oxygens (including phenoxy) is 1. The van der Waals surface area contributed by atoms with Gasteiger partial charge in [-0.3, -0.25) is 0 Å². The van der Waals surface area contributed by atoms with Gasteiger partial charge in [0.25, 0.3) is 0 Å². The molecular weight excluding hydrogens is 449 g/mol. The van der Waals surface area contributed by atoms with E-state index in [4.69, 9.17) is 4.74 Å². The molecule has 0 saturated heterocycles. The number of aliphatic hydroxyl groups is 1. The summed E-state index contributed by atoms with van der Waals surface area (Å²) in [6, 6.07) is 11.6. The molecule has 5 heterocycles. The molecule has 0 spiro atoms. The standard InChI is InChI=1S/C25H22FN7O2/c1-35-17-6-4-15(5-7-17)24(34)16-12-27-25(28-13-16)32-10-8-19-22(30-14-29-19)23(32)20-11-21-18(26)3-2-9-33(21)31-20/h2-7,9,11-14,23-24,34H,8,10H2,1H3,(H,29,30)/t23-,24+/m1/s1. The van der Waals surface area contributed by atoms with Crippen molar-refractivity contribution in [3.8, 4) is 5.75 Å². The third-order valence-corrected chi connectivity index (χ3v) is 6.34. The van der Waals surface area contributed by atoms with Gasteiger partial charge in [-0.25, -0.2) is 23.9 Å². The SMILES string of the molecule is COc1ccc([C@H](O)c2cnc(N3CCc4[nH]cnc4[C@H]3c3cc4c(F)cccn4n3)nc2)cc1. The van der Waals surface area contributed by atoms with Gasteiger partial charge in [0, 0.05) is 42.8 Å². The Balaban J connectivity index is 1.34. The Hall–Kier alpha value is -4.31. The second kappa shape index (κ2) is 8.48. The number of H-pyrrole nitrogens is 1. The van der Waals surface area contributed by atoms with Crippen LogP contribution in [0.4, 0.5) is 10.3 Å². The third-order valence-electron chi connectivity index (χ3n) is 6.34. The zero-order valence-electron chi connectivity index (χ0n) is 18.8. The maximum atomic E-state index is 14.4. The van der Waals surface area contributed by atoms with Gasteiger partial charge in [0.15, 0.2) is 0 Å². The van der Waals surface area contributed by atoms with Crippen molar-refractivity contribution < 1.29 is 14.2 Å². The van der Waals surface area contributed by atoms with Gasteiger partial charge < -0.3 is 19.7 Å². The molecule has 2 N–H and O–H groups in total. The molecule has 1 aliphatic rings. The van der Waals surface area contributed by atoms with Crippen LogP contribution in [0.25, 0.3) is 5.52 Å². The van der Waals surface area contributed by atoms with Crippen LogP contribution in [-0.2, 0) is 6.42 Å². The van der Waals surface area contributed by atoms with Gasteiger partial charge in [0.05, 0.1) is 24.8 Å². The summed E-state index contributed by atoms with van der Waals surface area (Å²) in [5.41, 5.74) is 4.15. The Morgan fingerprint density at radius 3 is 2.66 bits per heavy atom. The summed E-state index contributed by atoms with van der Waals surface area (Å²) in [5.74, 6) is 0.851. The second-order valence-electron chi connectivity index (χ2n) is 8.36. The van der Waals surface area contributed by atoms with E-state index in [9.17, 15) is 9.50 Å². The maximum absolute atomic E-state index is 14.4. The van der Waals surface area contributed by atoms with E-state index in [-0.39, 0.29) is 11.9 Å². The molecule has 176 valence electrons. The number of pyridine rings is 1. The van der Waals surface area contributed by atoms with E-state index in [1.165, 1.54) is 10.6 Å². The fourth-order valence-electron chi connectivity index (χ4n) is 4.52. The Bertz CT molecular complexity index is 1480. The smallest absolute Gasteiger partial charge is 0.226 e. The van der Waals surface area contributed by atoms with Gasteiger partial charge in [-0.15, -0.1) is 0 Å². The minimum Gasteiger partial charge on any atom is -0.497 e. The molecule has 2 atom stereocenters. The summed E-state index contributed by atoms with van der Waals surface area (Å²) in [4.78, 5) is 18.9. The highest BCUT2D eigenvalue weighted by atomic mass is 19.1. The summed E-state index contributed by atoms with van der Waals surface area (Å²) >= 11 is 0. The molecule has 9 nitrogen and oxygen atoms in total. The first-order valence-electron chi connectivity index (χ1n) is 11.2. The molecule has 0 radical (unpaired) electrons. The first-order chi connectivity index (χ1) is 17.1. The molecule has 0 amide bonds. The Kier molecular flexibility index (Phi) is 5.14. The fraction of sp³-hybridized carbons (Fsp3) is 0.200. The number of halogens is 1. The van der Waals surface area contributed by atoms with Gasteiger partial charge >= 0.3 is 0 Å².